The highest BCUT2D eigenvalue weighted by Crippen LogP contribution is 2.43. The highest BCUT2D eigenvalue weighted by Gasteiger charge is 2.42. The Labute approximate surface area is 156 Å². The Balaban J connectivity index is 1.79. The van der Waals surface area contributed by atoms with Gasteiger partial charge in [-0.15, -0.1) is 0 Å². The van der Waals surface area contributed by atoms with Crippen LogP contribution in [0, 0.1) is 0 Å². The van der Waals surface area contributed by atoms with Crippen molar-refractivity contribution in [2.45, 2.75) is 32.1 Å². The van der Waals surface area contributed by atoms with Gasteiger partial charge in [-0.25, -0.2) is 10.5 Å². The maximum Gasteiger partial charge on any atom is 0.433 e. The number of alkyl halides is 3. The fourth-order valence-electron chi connectivity index (χ4n) is 3.49. The van der Waals surface area contributed by atoms with Crippen LogP contribution in [0.4, 0.5) is 19.2 Å². The molecule has 7 nitrogen and oxygen atoms in total. The Hall–Kier alpha value is -3.14. The molecule has 3 aromatic rings. The smallest absolute Gasteiger partial charge is 0.422 e. The summed E-state index contributed by atoms with van der Waals surface area (Å²) in [4.78, 5) is 21.4. The monoisotopic (exact) mass is 392 g/mol. The molecule has 1 aromatic carbocycles. The summed E-state index contributed by atoms with van der Waals surface area (Å²) in [5.41, 5.74) is 1.68. The molecule has 2 aromatic heterocycles. The number of aromatic nitrogens is 2. The van der Waals surface area contributed by atoms with E-state index in [0.29, 0.717) is 11.1 Å². The van der Waals surface area contributed by atoms with E-state index in [1.165, 1.54) is 6.07 Å². The lowest BCUT2D eigenvalue weighted by molar-refractivity contribution is -0.141. The zero-order valence-corrected chi connectivity index (χ0v) is 14.8. The number of nitrogens with zero attached hydrogens (tertiary/aromatic N) is 3. The van der Waals surface area contributed by atoms with Gasteiger partial charge in [0.25, 0.3) is 5.91 Å². The zero-order valence-electron chi connectivity index (χ0n) is 14.8. The zero-order chi connectivity index (χ0) is 20.3. The Bertz CT molecular complexity index is 1090. The quantitative estimate of drug-likeness (QED) is 0.511. The molecule has 0 aliphatic carbocycles. The molecule has 0 bridgehead atoms. The predicted octanol–water partition coefficient (Wildman–Crippen LogP) is 3.62. The van der Waals surface area contributed by atoms with E-state index in [1.54, 1.807) is 22.5 Å². The Morgan fingerprint density at radius 1 is 1.25 bits per heavy atom. The fraction of sp³-hybridized carbons (Fsp3) is 0.278. The van der Waals surface area contributed by atoms with Crippen molar-refractivity contribution >= 4 is 23.2 Å². The van der Waals surface area contributed by atoms with E-state index in [2.05, 4.69) is 9.97 Å². The lowest BCUT2D eigenvalue weighted by atomic mass is 9.91. The molecule has 0 saturated carbocycles. The van der Waals surface area contributed by atoms with Gasteiger partial charge in [0, 0.05) is 12.1 Å². The summed E-state index contributed by atoms with van der Waals surface area (Å²) in [5.74, 6) is -0.649. The second-order valence-corrected chi connectivity index (χ2v) is 6.93. The Morgan fingerprint density at radius 3 is 2.68 bits per heavy atom. The van der Waals surface area contributed by atoms with Crippen LogP contribution in [0.1, 0.15) is 41.0 Å². The molecule has 0 spiro atoms. The first-order valence-corrected chi connectivity index (χ1v) is 8.32. The maximum atomic E-state index is 12.9. The molecular weight excluding hydrogens is 377 g/mol. The van der Waals surface area contributed by atoms with E-state index < -0.39 is 23.3 Å². The van der Waals surface area contributed by atoms with Gasteiger partial charge in [-0.2, -0.15) is 18.2 Å². The lowest BCUT2D eigenvalue weighted by Crippen LogP contribution is -2.35. The normalized spacial score (nSPS) is 15.7. The van der Waals surface area contributed by atoms with Gasteiger partial charge in [0.15, 0.2) is 5.58 Å². The van der Waals surface area contributed by atoms with Crippen LogP contribution < -0.4 is 10.4 Å². The molecule has 0 radical (unpaired) electrons. The largest absolute Gasteiger partial charge is 0.433 e. The van der Waals surface area contributed by atoms with Crippen molar-refractivity contribution in [3.8, 4) is 0 Å². The van der Waals surface area contributed by atoms with Crippen molar-refractivity contribution in [1.82, 2.24) is 15.4 Å². The van der Waals surface area contributed by atoms with Crippen molar-refractivity contribution in [1.29, 1.82) is 0 Å². The fourth-order valence-corrected chi connectivity index (χ4v) is 3.49. The third-order valence-corrected chi connectivity index (χ3v) is 4.94. The molecule has 0 saturated heterocycles. The van der Waals surface area contributed by atoms with Crippen molar-refractivity contribution < 1.29 is 27.6 Å². The number of oxazole rings is 1. The summed E-state index contributed by atoms with van der Waals surface area (Å²) in [5, 5.41) is 8.98. The number of carbonyl (C=O) groups excluding carboxylic acids is 1. The SMILES string of the molecule is CC1(C)c2cccc(C(=O)NO)c2CN1c1nc2nc(C(F)(F)F)ccc2o1. The van der Waals surface area contributed by atoms with Crippen molar-refractivity contribution in [3.05, 3.63) is 52.7 Å². The predicted molar refractivity (Wildman–Crippen MR) is 91.7 cm³/mol. The molecule has 146 valence electrons. The number of rotatable bonds is 2. The first kappa shape index (κ1) is 18.2. The Kier molecular flexibility index (Phi) is 3.86. The number of benzene rings is 1. The number of amides is 1. The number of carbonyl (C=O) groups is 1. The minimum Gasteiger partial charge on any atom is -0.422 e. The van der Waals surface area contributed by atoms with Gasteiger partial charge < -0.3 is 9.32 Å². The van der Waals surface area contributed by atoms with E-state index in [1.807, 2.05) is 19.9 Å². The second kappa shape index (κ2) is 5.93. The molecule has 3 heterocycles. The second-order valence-electron chi connectivity index (χ2n) is 6.93. The molecule has 10 heteroatoms. The summed E-state index contributed by atoms with van der Waals surface area (Å²) >= 11 is 0. The Morgan fingerprint density at radius 2 is 2.00 bits per heavy atom. The van der Waals surface area contributed by atoms with Crippen LogP contribution in [-0.2, 0) is 18.3 Å². The van der Waals surface area contributed by atoms with Gasteiger partial charge in [-0.3, -0.25) is 10.0 Å². The summed E-state index contributed by atoms with van der Waals surface area (Å²) in [6.07, 6.45) is -4.58. The van der Waals surface area contributed by atoms with Crippen LogP contribution in [0.15, 0.2) is 34.7 Å². The number of anilines is 1. The van der Waals surface area contributed by atoms with Gasteiger partial charge in [-0.05, 0) is 43.2 Å². The lowest BCUT2D eigenvalue weighted by Gasteiger charge is -2.30. The highest BCUT2D eigenvalue weighted by atomic mass is 19.4. The molecule has 0 fully saturated rings. The summed E-state index contributed by atoms with van der Waals surface area (Å²) < 4.78 is 44.3. The molecule has 0 atom stereocenters. The molecule has 28 heavy (non-hydrogen) atoms. The molecule has 2 N–H and O–H groups in total. The van der Waals surface area contributed by atoms with Crippen LogP contribution in [0.2, 0.25) is 0 Å². The average molecular weight is 392 g/mol. The van der Waals surface area contributed by atoms with Gasteiger partial charge in [0.1, 0.15) is 5.69 Å². The molecule has 1 aliphatic heterocycles. The average Bonchev–Trinajstić information content (AvgIpc) is 3.17. The van der Waals surface area contributed by atoms with Crippen LogP contribution in [0.25, 0.3) is 11.2 Å². The van der Waals surface area contributed by atoms with Gasteiger partial charge in [0.05, 0.1) is 5.54 Å². The highest BCUT2D eigenvalue weighted by molar-refractivity contribution is 5.95. The third kappa shape index (κ3) is 2.68. The number of pyridine rings is 1. The van der Waals surface area contributed by atoms with E-state index >= 15 is 0 Å². The molecule has 4 rings (SSSR count). The topological polar surface area (TPSA) is 91.5 Å². The number of fused-ring (bicyclic) bond motifs is 2. The third-order valence-electron chi connectivity index (χ3n) is 4.94. The molecular formula is C18H15F3N4O3. The van der Waals surface area contributed by atoms with Crippen molar-refractivity contribution in [2.75, 3.05) is 4.90 Å². The summed E-state index contributed by atoms with van der Waals surface area (Å²) in [7, 11) is 0. The number of hydroxylamine groups is 1. The van der Waals surface area contributed by atoms with E-state index in [4.69, 9.17) is 9.62 Å². The van der Waals surface area contributed by atoms with E-state index in [0.717, 1.165) is 11.6 Å². The molecule has 1 aliphatic rings. The summed E-state index contributed by atoms with van der Waals surface area (Å²) in [6, 6.07) is 7.23. The van der Waals surface area contributed by atoms with Crippen LogP contribution in [0.5, 0.6) is 0 Å². The van der Waals surface area contributed by atoms with Crippen LogP contribution in [-0.4, -0.2) is 21.1 Å². The van der Waals surface area contributed by atoms with Crippen molar-refractivity contribution in [3.63, 3.8) is 0 Å². The number of nitrogens with one attached hydrogen (secondary N) is 1. The minimum atomic E-state index is -4.58. The number of hydrogen-bond donors (Lipinski definition) is 2. The maximum absolute atomic E-state index is 12.9. The van der Waals surface area contributed by atoms with Gasteiger partial charge >= 0.3 is 12.2 Å². The van der Waals surface area contributed by atoms with Gasteiger partial charge in [0.2, 0.25) is 5.65 Å². The summed E-state index contributed by atoms with van der Waals surface area (Å²) in [6.45, 7) is 3.98. The van der Waals surface area contributed by atoms with Gasteiger partial charge in [-0.1, -0.05) is 12.1 Å². The standard InChI is InChI=1S/C18H15F3N4O3/c1-17(2)11-5-3-4-9(15(26)24-27)10(11)8-25(17)16-23-14-12(28-16)6-7-13(22-14)18(19,20)21/h3-7,27H,8H2,1-2H3,(H,24,26). The van der Waals surface area contributed by atoms with Crippen LogP contribution in [0.3, 0.4) is 0 Å². The van der Waals surface area contributed by atoms with E-state index in [9.17, 15) is 18.0 Å². The molecule has 0 unspecified atom stereocenters. The molecule has 1 amide bonds. The first-order chi connectivity index (χ1) is 13.1. The minimum absolute atomic E-state index is 0.0957. The number of halogens is 3. The number of hydrogen-bond acceptors (Lipinski definition) is 6. The first-order valence-electron chi connectivity index (χ1n) is 8.32. The van der Waals surface area contributed by atoms with Crippen molar-refractivity contribution in [2.24, 2.45) is 0 Å². The van der Waals surface area contributed by atoms with Crippen LogP contribution >= 0.6 is 0 Å². The van der Waals surface area contributed by atoms with E-state index in [-0.39, 0.29) is 23.8 Å².